The predicted molar refractivity (Wildman–Crippen MR) is 56.8 cm³/mol. The quantitative estimate of drug-likeness (QED) is 0.652. The Balaban J connectivity index is 2.37. The van der Waals surface area contributed by atoms with Crippen LogP contribution in [-0.4, -0.2) is 13.2 Å². The van der Waals surface area contributed by atoms with Crippen molar-refractivity contribution in [2.75, 3.05) is 7.11 Å². The Bertz CT molecular complexity index is 140. The molecule has 1 rings (SSSR count). The van der Waals surface area contributed by atoms with Crippen LogP contribution in [0.4, 0.5) is 0 Å². The van der Waals surface area contributed by atoms with Gasteiger partial charge in [-0.05, 0) is 43.4 Å². The summed E-state index contributed by atoms with van der Waals surface area (Å²) < 4.78 is 5.47. The minimum absolute atomic E-state index is 0.535. The summed E-state index contributed by atoms with van der Waals surface area (Å²) in [6, 6.07) is 0. The van der Waals surface area contributed by atoms with Gasteiger partial charge >= 0.3 is 0 Å². The van der Waals surface area contributed by atoms with Gasteiger partial charge in [0, 0.05) is 7.11 Å². The van der Waals surface area contributed by atoms with Crippen LogP contribution in [0.1, 0.15) is 46.5 Å². The Morgan fingerprint density at radius 1 is 1.23 bits per heavy atom. The molecule has 1 nitrogen and oxygen atoms in total. The molecule has 3 atom stereocenters. The zero-order valence-corrected chi connectivity index (χ0v) is 9.55. The van der Waals surface area contributed by atoms with Crippen LogP contribution in [0.3, 0.4) is 0 Å². The summed E-state index contributed by atoms with van der Waals surface area (Å²) in [7, 11) is 1.86. The van der Waals surface area contributed by atoms with Crippen LogP contribution in [-0.2, 0) is 4.74 Å². The van der Waals surface area contributed by atoms with Crippen molar-refractivity contribution in [3.8, 4) is 0 Å². The van der Waals surface area contributed by atoms with E-state index in [0.29, 0.717) is 6.10 Å². The first-order chi connectivity index (χ1) is 6.11. The lowest BCUT2D eigenvalue weighted by Crippen LogP contribution is -2.27. The van der Waals surface area contributed by atoms with Crippen molar-refractivity contribution < 1.29 is 4.74 Å². The van der Waals surface area contributed by atoms with Gasteiger partial charge in [0.2, 0.25) is 0 Å². The van der Waals surface area contributed by atoms with Crippen LogP contribution in [0.25, 0.3) is 0 Å². The van der Waals surface area contributed by atoms with Crippen LogP contribution >= 0.6 is 0 Å². The van der Waals surface area contributed by atoms with Gasteiger partial charge in [0.15, 0.2) is 0 Å². The molecule has 0 aromatic carbocycles. The molecule has 1 heteroatoms. The van der Waals surface area contributed by atoms with E-state index in [9.17, 15) is 0 Å². The van der Waals surface area contributed by atoms with Gasteiger partial charge in [-0.25, -0.2) is 0 Å². The van der Waals surface area contributed by atoms with Crippen LogP contribution in [0.2, 0.25) is 0 Å². The molecule has 0 radical (unpaired) electrons. The molecule has 0 aromatic heterocycles. The van der Waals surface area contributed by atoms with Gasteiger partial charge in [0.25, 0.3) is 0 Å². The Morgan fingerprint density at radius 3 is 2.46 bits per heavy atom. The van der Waals surface area contributed by atoms with Gasteiger partial charge in [0.1, 0.15) is 0 Å². The summed E-state index contributed by atoms with van der Waals surface area (Å²) in [5.74, 6) is 2.61. The molecule has 0 amide bonds. The smallest absolute Gasteiger partial charge is 0.0576 e. The second-order valence-corrected chi connectivity index (χ2v) is 5.17. The minimum atomic E-state index is 0.535. The molecule has 0 aliphatic heterocycles. The number of methoxy groups -OCH3 is 1. The van der Waals surface area contributed by atoms with E-state index in [-0.39, 0.29) is 0 Å². The van der Waals surface area contributed by atoms with Crippen molar-refractivity contribution in [3.05, 3.63) is 0 Å². The lowest BCUT2D eigenvalue weighted by Gasteiger charge is -2.33. The highest BCUT2D eigenvalue weighted by atomic mass is 16.5. The highest BCUT2D eigenvalue weighted by Gasteiger charge is 2.26. The molecule has 0 aromatic rings. The summed E-state index contributed by atoms with van der Waals surface area (Å²) in [6.45, 7) is 7.00. The van der Waals surface area contributed by atoms with E-state index in [0.717, 1.165) is 17.8 Å². The Labute approximate surface area is 82.9 Å². The van der Waals surface area contributed by atoms with Gasteiger partial charge in [0.05, 0.1) is 6.10 Å². The van der Waals surface area contributed by atoms with E-state index in [1.54, 1.807) is 0 Å². The topological polar surface area (TPSA) is 9.23 Å². The average Bonchev–Trinajstić information content (AvgIpc) is 2.01. The number of rotatable bonds is 3. The van der Waals surface area contributed by atoms with Crippen molar-refractivity contribution >= 4 is 0 Å². The second kappa shape index (κ2) is 4.99. The molecular weight excluding hydrogens is 160 g/mol. The van der Waals surface area contributed by atoms with Gasteiger partial charge in [-0.15, -0.1) is 0 Å². The molecule has 1 aliphatic rings. The van der Waals surface area contributed by atoms with E-state index in [1.807, 2.05) is 7.11 Å². The molecule has 0 bridgehead atoms. The fraction of sp³-hybridized carbons (Fsp3) is 1.00. The van der Waals surface area contributed by atoms with E-state index in [4.69, 9.17) is 4.74 Å². The van der Waals surface area contributed by atoms with Crippen LogP contribution in [0.5, 0.6) is 0 Å². The summed E-state index contributed by atoms with van der Waals surface area (Å²) in [5, 5.41) is 0. The van der Waals surface area contributed by atoms with Crippen molar-refractivity contribution in [1.29, 1.82) is 0 Å². The van der Waals surface area contributed by atoms with E-state index >= 15 is 0 Å². The van der Waals surface area contributed by atoms with Crippen molar-refractivity contribution in [1.82, 2.24) is 0 Å². The van der Waals surface area contributed by atoms with Crippen molar-refractivity contribution in [2.24, 2.45) is 17.8 Å². The molecular formula is C12H24O. The predicted octanol–water partition coefficient (Wildman–Crippen LogP) is 3.48. The van der Waals surface area contributed by atoms with E-state index < -0.39 is 0 Å². The third-order valence-electron chi connectivity index (χ3n) is 3.14. The normalized spacial score (nSPS) is 35.3. The SMILES string of the molecule is COC1CC(C)CC(CC(C)C)C1. The molecule has 0 spiro atoms. The largest absolute Gasteiger partial charge is 0.381 e. The zero-order chi connectivity index (χ0) is 9.84. The molecule has 1 aliphatic carbocycles. The highest BCUT2D eigenvalue weighted by molar-refractivity contribution is 4.77. The molecule has 78 valence electrons. The second-order valence-electron chi connectivity index (χ2n) is 5.17. The van der Waals surface area contributed by atoms with Crippen LogP contribution in [0, 0.1) is 17.8 Å². The number of hydrogen-bond donors (Lipinski definition) is 0. The summed E-state index contributed by atoms with van der Waals surface area (Å²) >= 11 is 0. The Morgan fingerprint density at radius 2 is 1.92 bits per heavy atom. The molecule has 1 saturated carbocycles. The average molecular weight is 184 g/mol. The zero-order valence-electron chi connectivity index (χ0n) is 9.55. The van der Waals surface area contributed by atoms with Crippen molar-refractivity contribution in [2.45, 2.75) is 52.6 Å². The molecule has 13 heavy (non-hydrogen) atoms. The molecule has 1 fully saturated rings. The fourth-order valence-electron chi connectivity index (χ4n) is 2.73. The first kappa shape index (κ1) is 11.0. The van der Waals surface area contributed by atoms with Gasteiger partial charge < -0.3 is 4.74 Å². The maximum absolute atomic E-state index is 5.47. The van der Waals surface area contributed by atoms with Gasteiger partial charge in [-0.1, -0.05) is 20.8 Å². The Hall–Kier alpha value is -0.0400. The number of ether oxygens (including phenoxy) is 1. The van der Waals surface area contributed by atoms with Crippen LogP contribution in [0.15, 0.2) is 0 Å². The monoisotopic (exact) mass is 184 g/mol. The van der Waals surface area contributed by atoms with Crippen molar-refractivity contribution in [3.63, 3.8) is 0 Å². The first-order valence-electron chi connectivity index (χ1n) is 5.64. The maximum Gasteiger partial charge on any atom is 0.0576 e. The minimum Gasteiger partial charge on any atom is -0.381 e. The maximum atomic E-state index is 5.47. The third kappa shape index (κ3) is 3.68. The molecule has 3 unspecified atom stereocenters. The highest BCUT2D eigenvalue weighted by Crippen LogP contribution is 2.33. The number of hydrogen-bond acceptors (Lipinski definition) is 1. The van der Waals surface area contributed by atoms with Crippen LogP contribution < -0.4 is 0 Å². The first-order valence-corrected chi connectivity index (χ1v) is 5.64. The standard InChI is InChI=1S/C12H24O/c1-9(2)5-11-6-10(3)7-12(8-11)13-4/h9-12H,5-8H2,1-4H3. The van der Waals surface area contributed by atoms with Gasteiger partial charge in [-0.3, -0.25) is 0 Å². The van der Waals surface area contributed by atoms with E-state index in [2.05, 4.69) is 20.8 Å². The third-order valence-corrected chi connectivity index (χ3v) is 3.14. The summed E-state index contributed by atoms with van der Waals surface area (Å²) in [6.07, 6.45) is 5.89. The van der Waals surface area contributed by atoms with Gasteiger partial charge in [-0.2, -0.15) is 0 Å². The lowest BCUT2D eigenvalue weighted by atomic mass is 9.77. The lowest BCUT2D eigenvalue weighted by molar-refractivity contribution is 0.0273. The summed E-state index contributed by atoms with van der Waals surface area (Å²) in [5.41, 5.74) is 0. The fourth-order valence-corrected chi connectivity index (χ4v) is 2.73. The molecule has 0 saturated heterocycles. The molecule has 0 N–H and O–H groups in total. The Kier molecular flexibility index (Phi) is 4.24. The van der Waals surface area contributed by atoms with E-state index in [1.165, 1.54) is 25.7 Å². The summed E-state index contributed by atoms with van der Waals surface area (Å²) in [4.78, 5) is 0. The molecule has 0 heterocycles.